The van der Waals surface area contributed by atoms with E-state index in [4.69, 9.17) is 0 Å². The molecular formula is C23H30N6O3S. The number of thiazole rings is 1. The van der Waals surface area contributed by atoms with Crippen LogP contribution in [-0.4, -0.2) is 58.8 Å². The molecule has 2 aliphatic heterocycles. The molecule has 2 N–H and O–H groups in total. The fraction of sp³-hybridized carbons (Fsp3) is 0.522. The van der Waals surface area contributed by atoms with Crippen LogP contribution < -0.4 is 15.5 Å². The average molecular weight is 471 g/mol. The smallest absolute Gasteiger partial charge is 0.267 e. The average Bonchev–Trinajstić information content (AvgIpc) is 3.49. The number of carbonyl (C=O) groups excluding carboxylic acids is 3. The van der Waals surface area contributed by atoms with Crippen molar-refractivity contribution >= 4 is 40.0 Å². The molecule has 0 saturated carbocycles. The van der Waals surface area contributed by atoms with Crippen molar-refractivity contribution in [2.24, 2.45) is 5.92 Å². The highest BCUT2D eigenvalue weighted by Crippen LogP contribution is 2.34. The fourth-order valence-electron chi connectivity index (χ4n) is 4.30. The first-order chi connectivity index (χ1) is 15.9. The van der Waals surface area contributed by atoms with E-state index >= 15 is 0 Å². The molecule has 4 heterocycles. The first-order valence-electron chi connectivity index (χ1n) is 11.5. The van der Waals surface area contributed by atoms with Crippen molar-refractivity contribution in [3.63, 3.8) is 0 Å². The van der Waals surface area contributed by atoms with Crippen LogP contribution in [0.2, 0.25) is 0 Å². The molecule has 0 radical (unpaired) electrons. The van der Waals surface area contributed by atoms with Crippen molar-refractivity contribution in [2.75, 3.05) is 36.4 Å². The van der Waals surface area contributed by atoms with Crippen molar-refractivity contribution in [3.8, 4) is 0 Å². The monoisotopic (exact) mass is 470 g/mol. The van der Waals surface area contributed by atoms with E-state index in [2.05, 4.69) is 25.5 Å². The second kappa shape index (κ2) is 10.3. The van der Waals surface area contributed by atoms with Crippen LogP contribution in [0.25, 0.3) is 0 Å². The summed E-state index contributed by atoms with van der Waals surface area (Å²) in [4.78, 5) is 50.4. The molecule has 2 saturated heterocycles. The number of aromatic nitrogens is 2. The Kier molecular flexibility index (Phi) is 7.22. The van der Waals surface area contributed by atoms with Gasteiger partial charge in [-0.15, -0.1) is 0 Å². The lowest BCUT2D eigenvalue weighted by atomic mass is 9.95. The van der Waals surface area contributed by atoms with Crippen LogP contribution in [0.4, 0.5) is 10.9 Å². The van der Waals surface area contributed by atoms with Crippen LogP contribution in [0.15, 0.2) is 24.5 Å². The van der Waals surface area contributed by atoms with Crippen molar-refractivity contribution in [1.82, 2.24) is 20.2 Å². The van der Waals surface area contributed by atoms with Crippen LogP contribution in [0, 0.1) is 5.92 Å². The molecule has 0 spiro atoms. The van der Waals surface area contributed by atoms with Gasteiger partial charge in [0.1, 0.15) is 4.88 Å². The van der Waals surface area contributed by atoms with E-state index in [1.165, 1.54) is 18.3 Å². The van der Waals surface area contributed by atoms with Gasteiger partial charge in [-0.1, -0.05) is 11.3 Å². The molecule has 176 valence electrons. The Bertz CT molecular complexity index is 997. The summed E-state index contributed by atoms with van der Waals surface area (Å²) in [5, 5.41) is 6.54. The molecule has 0 aliphatic carbocycles. The van der Waals surface area contributed by atoms with Gasteiger partial charge in [0.2, 0.25) is 11.8 Å². The largest absolute Gasteiger partial charge is 0.349 e. The molecule has 2 aliphatic rings. The molecule has 33 heavy (non-hydrogen) atoms. The highest BCUT2D eigenvalue weighted by Gasteiger charge is 2.30. The predicted molar refractivity (Wildman–Crippen MR) is 127 cm³/mol. The number of amides is 3. The van der Waals surface area contributed by atoms with Crippen LogP contribution in [0.3, 0.4) is 0 Å². The summed E-state index contributed by atoms with van der Waals surface area (Å²) < 4.78 is 0. The number of nitrogens with zero attached hydrogens (tertiary/aromatic N) is 4. The topological polar surface area (TPSA) is 108 Å². The lowest BCUT2D eigenvalue weighted by Crippen LogP contribution is -2.41. The first kappa shape index (κ1) is 23.2. The molecular weight excluding hydrogens is 440 g/mol. The van der Waals surface area contributed by atoms with E-state index in [0.29, 0.717) is 41.8 Å². The molecule has 2 fully saturated rings. The Labute approximate surface area is 197 Å². The maximum absolute atomic E-state index is 13.0. The van der Waals surface area contributed by atoms with E-state index in [0.717, 1.165) is 31.5 Å². The Hall–Kier alpha value is -3.01. The highest BCUT2D eigenvalue weighted by molar-refractivity contribution is 7.18. The minimum atomic E-state index is -0.249. The summed E-state index contributed by atoms with van der Waals surface area (Å²) in [6.07, 6.45) is 6.87. The van der Waals surface area contributed by atoms with Gasteiger partial charge >= 0.3 is 0 Å². The molecule has 0 aromatic carbocycles. The molecule has 0 unspecified atom stereocenters. The minimum absolute atomic E-state index is 0.0573. The van der Waals surface area contributed by atoms with Crippen LogP contribution in [0.1, 0.15) is 60.8 Å². The number of hydrogen-bond acceptors (Lipinski definition) is 7. The van der Waals surface area contributed by atoms with Gasteiger partial charge in [-0.3, -0.25) is 19.4 Å². The molecule has 10 heteroatoms. The third-order valence-electron chi connectivity index (χ3n) is 6.20. The standard InChI is InChI=1S/C23H30N6O3S/c1-15(17-5-9-24-10-6-17)25-21(31)18-7-13-29(14-8-18)23-27-20(26-16(2)30)19(33-23)22(32)28-11-3-4-12-28/h5-6,9-10,15,18H,3-4,7-8,11-14H2,1-2H3,(H,25,31)(H,26,30)/t15-/m1/s1. The van der Waals surface area contributed by atoms with Gasteiger partial charge < -0.3 is 20.4 Å². The molecule has 2 aromatic heterocycles. The van der Waals surface area contributed by atoms with Gasteiger partial charge in [-0.05, 0) is 50.3 Å². The van der Waals surface area contributed by atoms with E-state index < -0.39 is 0 Å². The quantitative estimate of drug-likeness (QED) is 0.672. The van der Waals surface area contributed by atoms with Crippen LogP contribution >= 0.6 is 11.3 Å². The third-order valence-corrected chi connectivity index (χ3v) is 7.30. The Morgan fingerprint density at radius 1 is 1.09 bits per heavy atom. The van der Waals surface area contributed by atoms with Crippen molar-refractivity contribution in [3.05, 3.63) is 35.0 Å². The molecule has 3 amide bonds. The van der Waals surface area contributed by atoms with Gasteiger partial charge in [0.15, 0.2) is 10.9 Å². The summed E-state index contributed by atoms with van der Waals surface area (Å²) in [7, 11) is 0. The van der Waals surface area contributed by atoms with E-state index in [9.17, 15) is 14.4 Å². The van der Waals surface area contributed by atoms with Crippen molar-refractivity contribution in [2.45, 2.75) is 45.6 Å². The number of carbonyl (C=O) groups is 3. The maximum Gasteiger partial charge on any atom is 0.267 e. The third kappa shape index (κ3) is 5.50. The molecule has 2 aromatic rings. The number of rotatable bonds is 6. The zero-order valence-corrected chi connectivity index (χ0v) is 19.9. The van der Waals surface area contributed by atoms with E-state index in [1.54, 1.807) is 12.4 Å². The van der Waals surface area contributed by atoms with Crippen LogP contribution in [-0.2, 0) is 9.59 Å². The summed E-state index contributed by atoms with van der Waals surface area (Å²) in [6, 6.07) is 3.74. The molecule has 0 bridgehead atoms. The van der Waals surface area contributed by atoms with Gasteiger partial charge in [0.25, 0.3) is 5.91 Å². The number of anilines is 2. The Morgan fingerprint density at radius 2 is 1.76 bits per heavy atom. The minimum Gasteiger partial charge on any atom is -0.349 e. The second-order valence-electron chi connectivity index (χ2n) is 8.63. The zero-order valence-electron chi connectivity index (χ0n) is 19.0. The summed E-state index contributed by atoms with van der Waals surface area (Å²) >= 11 is 1.32. The molecule has 4 rings (SSSR count). The summed E-state index contributed by atoms with van der Waals surface area (Å²) in [5.74, 6) is 0.0128. The van der Waals surface area contributed by atoms with E-state index in [1.807, 2.05) is 24.0 Å². The predicted octanol–water partition coefficient (Wildman–Crippen LogP) is 2.83. The van der Waals surface area contributed by atoms with Gasteiger partial charge in [-0.2, -0.15) is 0 Å². The van der Waals surface area contributed by atoms with Crippen molar-refractivity contribution in [1.29, 1.82) is 0 Å². The number of nitrogens with one attached hydrogen (secondary N) is 2. The Morgan fingerprint density at radius 3 is 2.39 bits per heavy atom. The summed E-state index contributed by atoms with van der Waals surface area (Å²) in [6.45, 7) is 6.22. The molecule has 1 atom stereocenters. The lowest BCUT2D eigenvalue weighted by Gasteiger charge is -2.31. The van der Waals surface area contributed by atoms with Gasteiger partial charge in [0, 0.05) is 51.4 Å². The highest BCUT2D eigenvalue weighted by atomic mass is 32.1. The van der Waals surface area contributed by atoms with Gasteiger partial charge in [0.05, 0.1) is 6.04 Å². The first-order valence-corrected chi connectivity index (χ1v) is 12.3. The SMILES string of the molecule is CC(=O)Nc1nc(N2CCC(C(=O)N[C@H](C)c3ccncc3)CC2)sc1C(=O)N1CCCC1. The second-order valence-corrected chi connectivity index (χ2v) is 9.60. The number of pyridine rings is 1. The van der Waals surface area contributed by atoms with Crippen LogP contribution in [0.5, 0.6) is 0 Å². The number of hydrogen-bond donors (Lipinski definition) is 2. The maximum atomic E-state index is 13.0. The van der Waals surface area contributed by atoms with Gasteiger partial charge in [-0.25, -0.2) is 4.98 Å². The van der Waals surface area contributed by atoms with Crippen molar-refractivity contribution < 1.29 is 14.4 Å². The number of likely N-dealkylation sites (tertiary alicyclic amines) is 1. The lowest BCUT2D eigenvalue weighted by molar-refractivity contribution is -0.126. The zero-order chi connectivity index (χ0) is 23.4. The fourth-order valence-corrected chi connectivity index (χ4v) is 5.34. The molecule has 9 nitrogen and oxygen atoms in total. The normalized spacial score (nSPS) is 17.6. The number of piperidine rings is 1. The Balaban J connectivity index is 1.39. The van der Waals surface area contributed by atoms with E-state index in [-0.39, 0.29) is 29.7 Å². The summed E-state index contributed by atoms with van der Waals surface area (Å²) in [5.41, 5.74) is 1.03.